The molecule has 0 saturated heterocycles. The fraction of sp³-hybridized carbons (Fsp3) is 0.909. The van der Waals surface area contributed by atoms with E-state index in [1.807, 2.05) is 0 Å². The van der Waals surface area contributed by atoms with Gasteiger partial charge in [0.2, 0.25) is 0 Å². The molecule has 0 aromatic heterocycles. The zero-order chi connectivity index (χ0) is 9.73. The first-order valence-electron chi connectivity index (χ1n) is 5.59. The minimum absolute atomic E-state index is 0.671. The third kappa shape index (κ3) is 5.24. The van der Waals surface area contributed by atoms with Gasteiger partial charge in [0.15, 0.2) is 0 Å². The average Bonchev–Trinajstić information content (AvgIpc) is 2.04. The normalized spacial score (nSPS) is 21.2. The van der Waals surface area contributed by atoms with E-state index in [1.165, 1.54) is 38.1 Å². The van der Waals surface area contributed by atoms with Crippen LogP contribution < -0.4 is 0 Å². The smallest absolute Gasteiger partial charge is 0.0498 e. The Hall–Kier alpha value is -0.113. The molecular weight excluding hydrogens is 174 g/mol. The Bertz CT molecular complexity index is 163. The largest absolute Gasteiger partial charge is 0.295 e. The molecule has 0 heterocycles. The van der Waals surface area contributed by atoms with E-state index in [2.05, 4.69) is 30.8 Å². The van der Waals surface area contributed by atoms with E-state index in [0.29, 0.717) is 6.04 Å². The quantitative estimate of drug-likeness (QED) is 0.483. The van der Waals surface area contributed by atoms with Crippen LogP contribution in [0.3, 0.4) is 0 Å². The molecule has 0 aromatic carbocycles. The van der Waals surface area contributed by atoms with Gasteiger partial charge in [0.05, 0.1) is 0 Å². The zero-order valence-corrected chi connectivity index (χ0v) is 10.3. The third-order valence-electron chi connectivity index (χ3n) is 2.59. The molecule has 0 aromatic rings. The van der Waals surface area contributed by atoms with Gasteiger partial charge in [-0.1, -0.05) is 38.9 Å². The molecule has 0 unspecified atom stereocenters. The van der Waals surface area contributed by atoms with Crippen molar-refractivity contribution in [3.05, 3.63) is 0 Å². The molecule has 0 bridgehead atoms. The van der Waals surface area contributed by atoms with E-state index in [0.717, 1.165) is 0 Å². The van der Waals surface area contributed by atoms with Crippen LogP contribution in [0.5, 0.6) is 0 Å². The lowest BCUT2D eigenvalue weighted by atomic mass is 9.96. The average molecular weight is 197 g/mol. The summed E-state index contributed by atoms with van der Waals surface area (Å²) >= 11 is 0. The van der Waals surface area contributed by atoms with Crippen LogP contribution in [0.2, 0.25) is 25.7 Å². The van der Waals surface area contributed by atoms with Crippen LogP contribution in [0.1, 0.15) is 32.1 Å². The zero-order valence-electron chi connectivity index (χ0n) is 9.34. The van der Waals surface area contributed by atoms with Gasteiger partial charge in [0, 0.05) is 14.1 Å². The monoisotopic (exact) mass is 197 g/mol. The van der Waals surface area contributed by atoms with Crippen molar-refractivity contribution in [3.8, 4) is 0 Å². The molecule has 1 rings (SSSR count). The highest BCUT2D eigenvalue weighted by atomic mass is 28.3. The van der Waals surface area contributed by atoms with Crippen molar-refractivity contribution >= 4 is 14.3 Å². The van der Waals surface area contributed by atoms with E-state index in [-0.39, 0.29) is 0 Å². The highest BCUT2D eigenvalue weighted by Crippen LogP contribution is 2.20. The lowest BCUT2D eigenvalue weighted by Crippen LogP contribution is -2.20. The predicted octanol–water partition coefficient (Wildman–Crippen LogP) is 3.73. The van der Waals surface area contributed by atoms with Gasteiger partial charge in [0.1, 0.15) is 0 Å². The molecule has 1 saturated carbocycles. The maximum atomic E-state index is 4.68. The Labute approximate surface area is 83.7 Å². The maximum Gasteiger partial charge on any atom is 0.0498 e. The fourth-order valence-electron chi connectivity index (χ4n) is 1.71. The summed E-state index contributed by atoms with van der Waals surface area (Å²) < 4.78 is 0. The van der Waals surface area contributed by atoms with Gasteiger partial charge in [-0.05, 0) is 25.1 Å². The van der Waals surface area contributed by atoms with Gasteiger partial charge in [0.25, 0.3) is 0 Å². The molecule has 0 amide bonds. The van der Waals surface area contributed by atoms with Crippen LogP contribution in [0.15, 0.2) is 4.99 Å². The van der Waals surface area contributed by atoms with Crippen molar-refractivity contribution in [1.29, 1.82) is 0 Å². The second-order valence-electron chi connectivity index (χ2n) is 5.39. The molecular formula is C11H23NSi. The van der Waals surface area contributed by atoms with E-state index in [9.17, 15) is 0 Å². The number of hydrogen-bond acceptors (Lipinski definition) is 1. The second kappa shape index (κ2) is 4.94. The summed E-state index contributed by atoms with van der Waals surface area (Å²) in [5.41, 5.74) is 0. The van der Waals surface area contributed by atoms with Crippen LogP contribution in [0.4, 0.5) is 0 Å². The molecule has 0 radical (unpaired) electrons. The molecule has 1 aliphatic rings. The first-order chi connectivity index (χ1) is 6.08. The van der Waals surface area contributed by atoms with Crippen LogP contribution >= 0.6 is 0 Å². The van der Waals surface area contributed by atoms with Crippen molar-refractivity contribution in [2.45, 2.75) is 63.8 Å². The standard InChI is InChI=1S/C11H23NSi/c1-13(2,3)10-9-12-11-7-5-4-6-8-11/h9,11H,4-8,10H2,1-3H3. The Kier molecular flexibility index (Phi) is 4.17. The third-order valence-corrected chi connectivity index (χ3v) is 4.00. The van der Waals surface area contributed by atoms with E-state index in [4.69, 9.17) is 0 Å². The Morgan fingerprint density at radius 1 is 1.15 bits per heavy atom. The number of rotatable bonds is 3. The summed E-state index contributed by atoms with van der Waals surface area (Å²) in [4.78, 5) is 4.68. The Balaban J connectivity index is 2.22. The Morgan fingerprint density at radius 3 is 2.31 bits per heavy atom. The molecule has 13 heavy (non-hydrogen) atoms. The topological polar surface area (TPSA) is 12.4 Å². The molecule has 0 aliphatic heterocycles. The predicted molar refractivity (Wildman–Crippen MR) is 63.5 cm³/mol. The summed E-state index contributed by atoms with van der Waals surface area (Å²) in [7, 11) is -0.891. The summed E-state index contributed by atoms with van der Waals surface area (Å²) in [6, 6.07) is 1.92. The number of aliphatic imine (C=N–C) groups is 1. The van der Waals surface area contributed by atoms with E-state index >= 15 is 0 Å². The van der Waals surface area contributed by atoms with Crippen LogP contribution in [-0.4, -0.2) is 20.3 Å². The van der Waals surface area contributed by atoms with Gasteiger partial charge in [-0.25, -0.2) is 0 Å². The summed E-state index contributed by atoms with van der Waals surface area (Å²) in [5, 5.41) is 0. The molecule has 76 valence electrons. The molecule has 0 spiro atoms. The van der Waals surface area contributed by atoms with E-state index < -0.39 is 8.07 Å². The maximum absolute atomic E-state index is 4.68. The van der Waals surface area contributed by atoms with Gasteiger partial charge >= 0.3 is 0 Å². The van der Waals surface area contributed by atoms with Crippen LogP contribution in [0.25, 0.3) is 0 Å². The SMILES string of the molecule is C[Si](C)(C)CC=NC1CCCCC1. The molecule has 1 aliphatic carbocycles. The molecule has 1 fully saturated rings. The van der Waals surface area contributed by atoms with Crippen molar-refractivity contribution in [3.63, 3.8) is 0 Å². The molecule has 0 atom stereocenters. The van der Waals surface area contributed by atoms with E-state index in [1.54, 1.807) is 0 Å². The van der Waals surface area contributed by atoms with Crippen LogP contribution in [0, 0.1) is 0 Å². The van der Waals surface area contributed by atoms with Crippen molar-refractivity contribution in [2.75, 3.05) is 0 Å². The number of hydrogen-bond donors (Lipinski definition) is 0. The lowest BCUT2D eigenvalue weighted by molar-refractivity contribution is 0.444. The second-order valence-corrected chi connectivity index (χ2v) is 10.9. The van der Waals surface area contributed by atoms with Crippen molar-refractivity contribution < 1.29 is 0 Å². The van der Waals surface area contributed by atoms with Crippen molar-refractivity contribution in [2.24, 2.45) is 4.99 Å². The number of nitrogens with zero attached hydrogens (tertiary/aromatic N) is 1. The fourth-order valence-corrected chi connectivity index (χ4v) is 2.36. The van der Waals surface area contributed by atoms with Gasteiger partial charge in [-0.2, -0.15) is 0 Å². The molecule has 1 nitrogen and oxygen atoms in total. The van der Waals surface area contributed by atoms with Crippen molar-refractivity contribution in [1.82, 2.24) is 0 Å². The molecule has 2 heteroatoms. The highest BCUT2D eigenvalue weighted by molar-refractivity contribution is 6.78. The molecule has 0 N–H and O–H groups in total. The van der Waals surface area contributed by atoms with Crippen LogP contribution in [-0.2, 0) is 0 Å². The van der Waals surface area contributed by atoms with Gasteiger partial charge in [-0.15, -0.1) is 0 Å². The lowest BCUT2D eigenvalue weighted by Gasteiger charge is -2.18. The first-order valence-corrected chi connectivity index (χ1v) is 9.30. The first kappa shape index (κ1) is 11.0. The van der Waals surface area contributed by atoms with Gasteiger partial charge < -0.3 is 0 Å². The summed E-state index contributed by atoms with van der Waals surface area (Å²) in [6.07, 6.45) is 9.11. The summed E-state index contributed by atoms with van der Waals surface area (Å²) in [6.45, 7) is 7.21. The summed E-state index contributed by atoms with van der Waals surface area (Å²) in [5.74, 6) is 0. The highest BCUT2D eigenvalue weighted by Gasteiger charge is 2.13. The minimum Gasteiger partial charge on any atom is -0.295 e. The van der Waals surface area contributed by atoms with Gasteiger partial charge in [-0.3, -0.25) is 4.99 Å². The Morgan fingerprint density at radius 2 is 1.77 bits per heavy atom. The minimum atomic E-state index is -0.891.